The highest BCUT2D eigenvalue weighted by atomic mass is 16.6. The first-order valence-corrected chi connectivity index (χ1v) is 13.2. The summed E-state index contributed by atoms with van der Waals surface area (Å²) in [6, 6.07) is 12.4. The van der Waals surface area contributed by atoms with Crippen molar-refractivity contribution >= 4 is 34.3 Å². The number of aromatic nitrogens is 2. The molecule has 1 aromatic heterocycles. The number of hydrogen-bond acceptors (Lipinski definition) is 7. The number of carbonyl (C=O) groups excluding carboxylic acids is 1. The summed E-state index contributed by atoms with van der Waals surface area (Å²) >= 11 is 0. The molecule has 196 valence electrons. The number of nitrogens with one attached hydrogen (secondary N) is 1. The van der Waals surface area contributed by atoms with Crippen molar-refractivity contribution in [3.63, 3.8) is 0 Å². The molecule has 1 aliphatic heterocycles. The summed E-state index contributed by atoms with van der Waals surface area (Å²) in [5, 5.41) is 4.41. The fourth-order valence-electron chi connectivity index (χ4n) is 5.31. The lowest BCUT2D eigenvalue weighted by Crippen LogP contribution is -2.50. The molecule has 1 amide bonds. The van der Waals surface area contributed by atoms with Crippen LogP contribution in [0.3, 0.4) is 0 Å². The van der Waals surface area contributed by atoms with Crippen molar-refractivity contribution in [1.29, 1.82) is 0 Å². The maximum absolute atomic E-state index is 12.3. The van der Waals surface area contributed by atoms with Crippen LogP contribution in [0.4, 0.5) is 22.1 Å². The van der Waals surface area contributed by atoms with Gasteiger partial charge in [0.1, 0.15) is 11.4 Å². The van der Waals surface area contributed by atoms with Gasteiger partial charge in [0.2, 0.25) is 5.95 Å². The van der Waals surface area contributed by atoms with E-state index in [1.54, 1.807) is 12.0 Å². The lowest BCUT2D eigenvalue weighted by Gasteiger charge is -2.36. The van der Waals surface area contributed by atoms with E-state index in [1.165, 1.54) is 31.2 Å². The molecule has 0 bridgehead atoms. The average molecular weight is 504 g/mol. The van der Waals surface area contributed by atoms with Gasteiger partial charge in [-0.15, -0.1) is 0 Å². The summed E-state index contributed by atoms with van der Waals surface area (Å²) in [5.74, 6) is 1.98. The summed E-state index contributed by atoms with van der Waals surface area (Å²) in [6.45, 7) is 8.51. The Hall–Kier alpha value is -3.55. The number of anilines is 3. The number of ether oxygens (including phenoxy) is 2. The number of piperazine rings is 1. The van der Waals surface area contributed by atoms with Gasteiger partial charge in [-0.25, -0.2) is 14.8 Å². The molecule has 1 saturated heterocycles. The fourth-order valence-corrected chi connectivity index (χ4v) is 5.31. The minimum absolute atomic E-state index is 0.240. The Morgan fingerprint density at radius 3 is 2.35 bits per heavy atom. The normalized spacial score (nSPS) is 16.8. The zero-order valence-electron chi connectivity index (χ0n) is 22.3. The molecule has 2 heterocycles. The van der Waals surface area contributed by atoms with Crippen molar-refractivity contribution < 1.29 is 14.3 Å². The van der Waals surface area contributed by atoms with E-state index in [4.69, 9.17) is 14.5 Å². The van der Waals surface area contributed by atoms with Gasteiger partial charge < -0.3 is 24.6 Å². The van der Waals surface area contributed by atoms with Gasteiger partial charge in [-0.3, -0.25) is 0 Å². The van der Waals surface area contributed by atoms with Crippen molar-refractivity contribution in [3.8, 4) is 5.75 Å². The van der Waals surface area contributed by atoms with E-state index in [-0.39, 0.29) is 6.09 Å². The van der Waals surface area contributed by atoms with Crippen LogP contribution >= 0.6 is 0 Å². The highest BCUT2D eigenvalue weighted by molar-refractivity contribution is 5.85. The molecular weight excluding hydrogens is 466 g/mol. The number of rotatable bonds is 5. The van der Waals surface area contributed by atoms with Gasteiger partial charge in [-0.05, 0) is 75.9 Å². The summed E-state index contributed by atoms with van der Waals surface area (Å²) in [4.78, 5) is 25.9. The summed E-state index contributed by atoms with van der Waals surface area (Å²) in [6.07, 6.45) is 6.51. The summed E-state index contributed by atoms with van der Waals surface area (Å²) in [5.41, 5.74) is 3.77. The van der Waals surface area contributed by atoms with Crippen molar-refractivity contribution in [3.05, 3.63) is 48.2 Å². The zero-order valence-corrected chi connectivity index (χ0v) is 22.3. The Labute approximate surface area is 219 Å². The second kappa shape index (κ2) is 10.4. The van der Waals surface area contributed by atoms with Crippen molar-refractivity contribution in [1.82, 2.24) is 14.9 Å². The van der Waals surface area contributed by atoms with Crippen LogP contribution in [0.5, 0.6) is 5.75 Å². The Balaban J connectivity index is 1.26. The minimum atomic E-state index is -0.476. The molecule has 0 atom stereocenters. The molecule has 8 heteroatoms. The predicted molar refractivity (Wildman–Crippen MR) is 147 cm³/mol. The van der Waals surface area contributed by atoms with Crippen LogP contribution in [-0.4, -0.2) is 59.9 Å². The van der Waals surface area contributed by atoms with Crippen LogP contribution < -0.4 is 15.0 Å². The molecule has 1 saturated carbocycles. The lowest BCUT2D eigenvalue weighted by molar-refractivity contribution is 0.0240. The first-order valence-electron chi connectivity index (χ1n) is 13.2. The van der Waals surface area contributed by atoms with Crippen LogP contribution in [0.25, 0.3) is 10.9 Å². The molecule has 0 unspecified atom stereocenters. The van der Waals surface area contributed by atoms with Gasteiger partial charge in [0.25, 0.3) is 0 Å². The number of hydrogen-bond donors (Lipinski definition) is 1. The van der Waals surface area contributed by atoms with Gasteiger partial charge in [-0.1, -0.05) is 12.8 Å². The Kier molecular flexibility index (Phi) is 7.09. The molecule has 5 rings (SSSR count). The van der Waals surface area contributed by atoms with E-state index in [0.29, 0.717) is 25.0 Å². The van der Waals surface area contributed by atoms with Crippen molar-refractivity contribution in [2.45, 2.75) is 58.0 Å². The predicted octanol–water partition coefficient (Wildman–Crippen LogP) is 6.10. The fraction of sp³-hybridized carbons (Fsp3) is 0.483. The molecule has 0 radical (unpaired) electrons. The first kappa shape index (κ1) is 25.1. The Morgan fingerprint density at radius 2 is 1.70 bits per heavy atom. The second-order valence-electron chi connectivity index (χ2n) is 10.9. The molecule has 37 heavy (non-hydrogen) atoms. The second-order valence-corrected chi connectivity index (χ2v) is 10.9. The lowest BCUT2D eigenvalue weighted by atomic mass is 9.94. The van der Waals surface area contributed by atoms with Crippen LogP contribution in [0.1, 0.15) is 57.9 Å². The van der Waals surface area contributed by atoms with Gasteiger partial charge in [-0.2, -0.15) is 0 Å². The van der Waals surface area contributed by atoms with Crippen molar-refractivity contribution in [2.75, 3.05) is 43.5 Å². The van der Waals surface area contributed by atoms with Crippen LogP contribution in [0.15, 0.2) is 42.6 Å². The molecule has 1 aliphatic carbocycles. The zero-order chi connectivity index (χ0) is 26.0. The topological polar surface area (TPSA) is 79.8 Å². The number of carbonyl (C=O) groups is 1. The van der Waals surface area contributed by atoms with Gasteiger partial charge in [0, 0.05) is 54.7 Å². The highest BCUT2D eigenvalue weighted by Crippen LogP contribution is 2.42. The van der Waals surface area contributed by atoms with Crippen LogP contribution in [0, 0.1) is 0 Å². The number of benzene rings is 2. The monoisotopic (exact) mass is 503 g/mol. The maximum Gasteiger partial charge on any atom is 0.410 e. The molecule has 2 aliphatic rings. The SMILES string of the molecule is COc1ccc2cnc(Nc3ccc(N4CCN(C(=O)OC(C)(C)C)CC4)cc3)nc2c1C1CCCC1. The number of fused-ring (bicyclic) bond motifs is 1. The van der Waals surface area contributed by atoms with Crippen molar-refractivity contribution in [2.24, 2.45) is 0 Å². The van der Waals surface area contributed by atoms with Gasteiger partial charge >= 0.3 is 6.09 Å². The minimum Gasteiger partial charge on any atom is -0.496 e. The molecule has 2 fully saturated rings. The first-order chi connectivity index (χ1) is 17.8. The van der Waals surface area contributed by atoms with E-state index in [0.717, 1.165) is 41.1 Å². The molecular formula is C29H37N5O3. The van der Waals surface area contributed by atoms with E-state index in [2.05, 4.69) is 27.3 Å². The van der Waals surface area contributed by atoms with E-state index >= 15 is 0 Å². The molecule has 0 spiro atoms. The summed E-state index contributed by atoms with van der Waals surface area (Å²) in [7, 11) is 1.74. The highest BCUT2D eigenvalue weighted by Gasteiger charge is 2.26. The summed E-state index contributed by atoms with van der Waals surface area (Å²) < 4.78 is 11.2. The Morgan fingerprint density at radius 1 is 1.00 bits per heavy atom. The van der Waals surface area contributed by atoms with E-state index in [9.17, 15) is 4.79 Å². The van der Waals surface area contributed by atoms with Gasteiger partial charge in [0.05, 0.1) is 12.6 Å². The maximum atomic E-state index is 12.3. The standard InChI is InChI=1S/C29H37N5O3/c1-29(2,3)37-28(35)34-17-15-33(16-18-34)23-12-10-22(11-13-23)31-27-30-19-21-9-14-24(36-4)25(26(21)32-27)20-7-5-6-8-20/h9-14,19-20H,5-8,15-18H2,1-4H3,(H,30,31,32). The third-order valence-corrected chi connectivity index (χ3v) is 7.16. The van der Waals surface area contributed by atoms with Crippen LogP contribution in [-0.2, 0) is 4.74 Å². The molecule has 8 nitrogen and oxygen atoms in total. The average Bonchev–Trinajstić information content (AvgIpc) is 3.42. The van der Waals surface area contributed by atoms with Gasteiger partial charge in [0.15, 0.2) is 0 Å². The number of nitrogens with zero attached hydrogens (tertiary/aromatic N) is 4. The van der Waals surface area contributed by atoms with E-state index < -0.39 is 5.60 Å². The largest absolute Gasteiger partial charge is 0.496 e. The third-order valence-electron chi connectivity index (χ3n) is 7.16. The van der Waals surface area contributed by atoms with Crippen LogP contribution in [0.2, 0.25) is 0 Å². The molecule has 3 aromatic rings. The Bertz CT molecular complexity index is 1240. The molecule has 1 N–H and O–H groups in total. The number of methoxy groups -OCH3 is 1. The third kappa shape index (κ3) is 5.73. The van der Waals surface area contributed by atoms with E-state index in [1.807, 2.05) is 51.2 Å². The molecule has 2 aromatic carbocycles. The quantitative estimate of drug-likeness (QED) is 0.451. The smallest absolute Gasteiger partial charge is 0.410 e. The number of amides is 1.